The van der Waals surface area contributed by atoms with Crippen LogP contribution >= 0.6 is 27.3 Å². The summed E-state index contributed by atoms with van der Waals surface area (Å²) in [5.41, 5.74) is 2.02. The Morgan fingerprint density at radius 2 is 1.90 bits per heavy atom. The Balaban J connectivity index is 2.16. The highest BCUT2D eigenvalue weighted by Crippen LogP contribution is 2.41. The minimum Gasteiger partial charge on any atom is -0.493 e. The predicted octanol–water partition coefficient (Wildman–Crippen LogP) is 4.74. The van der Waals surface area contributed by atoms with Gasteiger partial charge in [-0.05, 0) is 40.2 Å². The van der Waals surface area contributed by atoms with Gasteiger partial charge in [-0.2, -0.15) is 0 Å². The van der Waals surface area contributed by atoms with Crippen molar-refractivity contribution in [2.45, 2.75) is 0 Å². The second-order valence-corrected chi connectivity index (χ2v) is 6.07. The van der Waals surface area contributed by atoms with Gasteiger partial charge in [0.2, 0.25) is 0 Å². The minimum absolute atomic E-state index is 0.691. The quantitative estimate of drug-likeness (QED) is 0.684. The maximum Gasteiger partial charge on any atom is 0.174 e. The number of para-hydroxylation sites is 1. The van der Waals surface area contributed by atoms with E-state index < -0.39 is 0 Å². The van der Waals surface area contributed by atoms with E-state index >= 15 is 0 Å². The Bertz CT molecular complexity index is 737. The maximum absolute atomic E-state index is 5.38. The first-order valence-electron chi connectivity index (χ1n) is 6.00. The number of benzene rings is 2. The van der Waals surface area contributed by atoms with Crippen molar-refractivity contribution in [2.75, 3.05) is 14.2 Å². The van der Waals surface area contributed by atoms with Gasteiger partial charge in [0.05, 0.1) is 28.9 Å². The fraction of sp³-hybridized carbons (Fsp3) is 0.133. The zero-order valence-corrected chi connectivity index (χ0v) is 13.4. The van der Waals surface area contributed by atoms with Crippen molar-refractivity contribution in [3.8, 4) is 22.1 Å². The largest absolute Gasteiger partial charge is 0.493 e. The van der Waals surface area contributed by atoms with Crippen LogP contribution in [0.3, 0.4) is 0 Å². The molecule has 0 saturated carbocycles. The molecule has 1 aromatic heterocycles. The molecule has 3 nitrogen and oxygen atoms in total. The zero-order chi connectivity index (χ0) is 14.1. The number of nitrogens with zero attached hydrogens (tertiary/aromatic N) is 1. The number of fused-ring (bicyclic) bond motifs is 1. The third-order valence-electron chi connectivity index (χ3n) is 2.97. The number of rotatable bonds is 3. The molecule has 0 aliphatic carbocycles. The number of thiazole rings is 1. The second-order valence-electron chi connectivity index (χ2n) is 4.18. The van der Waals surface area contributed by atoms with Crippen LogP contribution in [0, 0.1) is 0 Å². The van der Waals surface area contributed by atoms with Crippen LogP contribution in [0.1, 0.15) is 0 Å². The van der Waals surface area contributed by atoms with Crippen molar-refractivity contribution in [3.05, 3.63) is 40.9 Å². The second kappa shape index (κ2) is 5.42. The molecular weight excluding hydrogens is 338 g/mol. The Morgan fingerprint density at radius 3 is 2.60 bits per heavy atom. The summed E-state index contributed by atoms with van der Waals surface area (Å²) in [4.78, 5) is 4.66. The fourth-order valence-electron chi connectivity index (χ4n) is 2.04. The van der Waals surface area contributed by atoms with Gasteiger partial charge < -0.3 is 9.47 Å². The van der Waals surface area contributed by atoms with E-state index in [2.05, 4.69) is 27.0 Å². The average Bonchev–Trinajstić information content (AvgIpc) is 2.90. The highest BCUT2D eigenvalue weighted by Gasteiger charge is 2.14. The molecule has 0 unspecified atom stereocenters. The summed E-state index contributed by atoms with van der Waals surface area (Å²) in [7, 11) is 3.26. The number of halogens is 1. The third kappa shape index (κ3) is 2.27. The number of ether oxygens (including phenoxy) is 2. The summed E-state index contributed by atoms with van der Waals surface area (Å²) in [6.07, 6.45) is 0. The highest BCUT2D eigenvalue weighted by molar-refractivity contribution is 9.10. The highest BCUT2D eigenvalue weighted by atomic mass is 79.9. The first-order valence-corrected chi connectivity index (χ1v) is 7.61. The van der Waals surface area contributed by atoms with Gasteiger partial charge in [0.25, 0.3) is 0 Å². The van der Waals surface area contributed by atoms with E-state index in [4.69, 9.17) is 9.47 Å². The molecule has 0 fully saturated rings. The summed E-state index contributed by atoms with van der Waals surface area (Å²) < 4.78 is 12.7. The lowest BCUT2D eigenvalue weighted by molar-refractivity contribution is 0.353. The Kier molecular flexibility index (Phi) is 3.63. The van der Waals surface area contributed by atoms with Crippen molar-refractivity contribution < 1.29 is 9.47 Å². The summed E-state index contributed by atoms with van der Waals surface area (Å²) in [6, 6.07) is 12.1. The van der Waals surface area contributed by atoms with E-state index in [-0.39, 0.29) is 0 Å². The molecule has 5 heteroatoms. The van der Waals surface area contributed by atoms with E-state index in [1.54, 1.807) is 25.6 Å². The smallest absolute Gasteiger partial charge is 0.174 e. The Hall–Kier alpha value is -1.59. The molecule has 2 aromatic carbocycles. The molecule has 0 spiro atoms. The lowest BCUT2D eigenvalue weighted by atomic mass is 10.2. The average molecular weight is 350 g/mol. The van der Waals surface area contributed by atoms with Crippen LogP contribution in [0.5, 0.6) is 11.5 Å². The van der Waals surface area contributed by atoms with Gasteiger partial charge in [-0.3, -0.25) is 0 Å². The molecule has 0 saturated heterocycles. The molecule has 0 aliphatic rings. The van der Waals surface area contributed by atoms with Crippen molar-refractivity contribution in [3.63, 3.8) is 0 Å². The van der Waals surface area contributed by atoms with Crippen LogP contribution in [0.15, 0.2) is 40.9 Å². The van der Waals surface area contributed by atoms with E-state index in [1.807, 2.05) is 30.3 Å². The molecule has 0 N–H and O–H groups in total. The Labute approximate surface area is 129 Å². The first kappa shape index (κ1) is 13.4. The van der Waals surface area contributed by atoms with Gasteiger partial charge in [0.1, 0.15) is 5.01 Å². The predicted molar refractivity (Wildman–Crippen MR) is 85.9 cm³/mol. The van der Waals surface area contributed by atoms with Crippen LogP contribution < -0.4 is 9.47 Å². The van der Waals surface area contributed by atoms with Gasteiger partial charge in [-0.15, -0.1) is 11.3 Å². The maximum atomic E-state index is 5.38. The number of methoxy groups -OCH3 is 2. The first-order chi connectivity index (χ1) is 9.72. The van der Waals surface area contributed by atoms with Gasteiger partial charge in [0, 0.05) is 5.56 Å². The van der Waals surface area contributed by atoms with Crippen LogP contribution in [0.25, 0.3) is 20.8 Å². The molecule has 0 aliphatic heterocycles. The van der Waals surface area contributed by atoms with Gasteiger partial charge in [0.15, 0.2) is 11.5 Å². The van der Waals surface area contributed by atoms with E-state index in [9.17, 15) is 0 Å². The lowest BCUT2D eigenvalue weighted by Gasteiger charge is -2.10. The van der Waals surface area contributed by atoms with Crippen molar-refractivity contribution in [1.29, 1.82) is 0 Å². The minimum atomic E-state index is 0.691. The third-order valence-corrected chi connectivity index (χ3v) is 4.65. The fourth-order valence-corrected chi connectivity index (χ4v) is 3.59. The van der Waals surface area contributed by atoms with Crippen molar-refractivity contribution in [2.24, 2.45) is 0 Å². The normalized spacial score (nSPS) is 10.8. The molecule has 3 rings (SSSR count). The molecule has 102 valence electrons. The molecule has 0 amide bonds. The number of hydrogen-bond donors (Lipinski definition) is 0. The van der Waals surface area contributed by atoms with Crippen LogP contribution in [-0.4, -0.2) is 19.2 Å². The molecule has 0 atom stereocenters. The SMILES string of the molecule is COc1cc(-c2nc3ccccc3s2)cc(Br)c1OC. The number of aromatic nitrogens is 1. The van der Waals surface area contributed by atoms with E-state index in [1.165, 1.54) is 4.70 Å². The molecule has 0 bridgehead atoms. The summed E-state index contributed by atoms with van der Waals surface area (Å²) in [5, 5.41) is 0.966. The molecule has 1 heterocycles. The number of hydrogen-bond acceptors (Lipinski definition) is 4. The van der Waals surface area contributed by atoms with Crippen molar-refractivity contribution in [1.82, 2.24) is 4.98 Å². The van der Waals surface area contributed by atoms with E-state index in [0.29, 0.717) is 11.5 Å². The molecular formula is C15H12BrNO2S. The van der Waals surface area contributed by atoms with Crippen LogP contribution in [-0.2, 0) is 0 Å². The topological polar surface area (TPSA) is 31.4 Å². The summed E-state index contributed by atoms with van der Waals surface area (Å²) in [6.45, 7) is 0. The molecule has 0 radical (unpaired) electrons. The zero-order valence-electron chi connectivity index (χ0n) is 11.0. The standard InChI is InChI=1S/C15H12BrNO2S/c1-18-12-8-9(7-10(16)14(12)19-2)15-17-11-5-3-4-6-13(11)20-15/h3-8H,1-2H3. The lowest BCUT2D eigenvalue weighted by Crippen LogP contribution is -1.92. The van der Waals surface area contributed by atoms with Crippen LogP contribution in [0.2, 0.25) is 0 Å². The monoisotopic (exact) mass is 349 g/mol. The molecule has 20 heavy (non-hydrogen) atoms. The van der Waals surface area contributed by atoms with E-state index in [0.717, 1.165) is 20.6 Å². The Morgan fingerprint density at radius 1 is 1.10 bits per heavy atom. The summed E-state index contributed by atoms with van der Waals surface area (Å²) >= 11 is 5.18. The molecule has 3 aromatic rings. The van der Waals surface area contributed by atoms with Gasteiger partial charge >= 0.3 is 0 Å². The summed E-state index contributed by atoms with van der Waals surface area (Å²) in [5.74, 6) is 1.38. The van der Waals surface area contributed by atoms with Crippen LogP contribution in [0.4, 0.5) is 0 Å². The van der Waals surface area contributed by atoms with Gasteiger partial charge in [-0.25, -0.2) is 4.98 Å². The van der Waals surface area contributed by atoms with Crippen molar-refractivity contribution >= 4 is 37.5 Å². The van der Waals surface area contributed by atoms with Gasteiger partial charge in [-0.1, -0.05) is 12.1 Å².